The molecule has 5 atom stereocenters. The topological polar surface area (TPSA) is 278 Å². The van der Waals surface area contributed by atoms with Gasteiger partial charge in [-0.15, -0.1) is 0 Å². The molecule has 0 saturated carbocycles. The van der Waals surface area contributed by atoms with Crippen LogP contribution < -0.4 is 38.9 Å². The number of aliphatic hydroxyl groups excluding tert-OH is 1. The van der Waals surface area contributed by atoms with Crippen molar-refractivity contribution in [1.82, 2.24) is 16.0 Å². The SMILES string of the molecule is CC(O)C(NC(=O)C(CS)NC(=O)C(CCCN=C(N)N)NC(=O)C(N)CC(N)=O)C(=O)O. The summed E-state index contributed by atoms with van der Waals surface area (Å²) in [5, 5.41) is 25.4. The molecule has 0 fully saturated rings. The van der Waals surface area contributed by atoms with Crippen molar-refractivity contribution in [2.75, 3.05) is 12.3 Å². The smallest absolute Gasteiger partial charge is 0.328 e. The molecule has 0 saturated heterocycles. The van der Waals surface area contributed by atoms with Gasteiger partial charge in [-0.3, -0.25) is 24.2 Å². The first-order valence-corrected chi connectivity index (χ1v) is 10.5. The van der Waals surface area contributed by atoms with E-state index in [9.17, 15) is 29.1 Å². The molecule has 33 heavy (non-hydrogen) atoms. The van der Waals surface area contributed by atoms with Crippen molar-refractivity contribution in [2.24, 2.45) is 27.9 Å². The van der Waals surface area contributed by atoms with Crippen LogP contribution in [0.15, 0.2) is 4.99 Å². The molecule has 0 heterocycles. The maximum absolute atomic E-state index is 12.8. The van der Waals surface area contributed by atoms with E-state index in [0.717, 1.165) is 0 Å². The van der Waals surface area contributed by atoms with Crippen LogP contribution in [0.1, 0.15) is 26.2 Å². The summed E-state index contributed by atoms with van der Waals surface area (Å²) in [6.45, 7) is 1.31. The van der Waals surface area contributed by atoms with Gasteiger partial charge in [0.1, 0.15) is 12.1 Å². The van der Waals surface area contributed by atoms with E-state index in [2.05, 4.69) is 33.6 Å². The van der Waals surface area contributed by atoms with Gasteiger partial charge in [0.25, 0.3) is 0 Å². The summed E-state index contributed by atoms with van der Waals surface area (Å²) in [6.07, 6.45) is -1.57. The fraction of sp³-hybridized carbons (Fsp3) is 0.647. The molecule has 4 amide bonds. The zero-order chi connectivity index (χ0) is 25.7. The van der Waals surface area contributed by atoms with Gasteiger partial charge in [0.2, 0.25) is 23.6 Å². The number of nitrogens with two attached hydrogens (primary N) is 4. The standard InChI is InChI=1S/C17H32N8O7S/c1-7(26)12(16(31)32)25-15(30)10(6-33)24-14(29)9(3-2-4-22-17(20)21)23-13(28)8(18)5-11(19)27/h7-10,12,26,33H,2-6,18H2,1H3,(H2,19,27)(H,23,28)(H,24,29)(H,25,30)(H,31,32)(H4,20,21,22). The fourth-order valence-electron chi connectivity index (χ4n) is 2.47. The van der Waals surface area contributed by atoms with E-state index in [-0.39, 0.29) is 31.1 Å². The van der Waals surface area contributed by atoms with Gasteiger partial charge in [-0.2, -0.15) is 12.6 Å². The quantitative estimate of drug-likeness (QED) is 0.0450. The summed E-state index contributed by atoms with van der Waals surface area (Å²) in [4.78, 5) is 63.3. The number of amides is 4. The Kier molecular flexibility index (Phi) is 13.5. The van der Waals surface area contributed by atoms with Gasteiger partial charge in [-0.1, -0.05) is 0 Å². The van der Waals surface area contributed by atoms with Crippen molar-refractivity contribution in [2.45, 2.75) is 56.5 Å². The van der Waals surface area contributed by atoms with Crippen LogP contribution in [0.25, 0.3) is 0 Å². The number of nitrogens with one attached hydrogen (secondary N) is 3. The minimum absolute atomic E-state index is 0.0317. The van der Waals surface area contributed by atoms with Gasteiger partial charge in [0.05, 0.1) is 18.6 Å². The van der Waals surface area contributed by atoms with Gasteiger partial charge in [0, 0.05) is 12.3 Å². The molecule has 0 aliphatic heterocycles. The predicted molar refractivity (Wildman–Crippen MR) is 121 cm³/mol. The van der Waals surface area contributed by atoms with Crippen molar-refractivity contribution >= 4 is 48.2 Å². The van der Waals surface area contributed by atoms with Crippen LogP contribution in [0.3, 0.4) is 0 Å². The van der Waals surface area contributed by atoms with E-state index < -0.39 is 66.3 Å². The number of primary amides is 1. The van der Waals surface area contributed by atoms with Crippen LogP contribution in [-0.4, -0.2) is 88.3 Å². The van der Waals surface area contributed by atoms with Crippen LogP contribution in [0.2, 0.25) is 0 Å². The highest BCUT2D eigenvalue weighted by atomic mass is 32.1. The molecular formula is C17H32N8O7S. The minimum Gasteiger partial charge on any atom is -0.480 e. The zero-order valence-electron chi connectivity index (χ0n) is 18.1. The van der Waals surface area contributed by atoms with Crippen molar-refractivity contribution in [3.8, 4) is 0 Å². The normalized spacial score (nSPS) is 15.2. The Bertz CT molecular complexity index is 745. The lowest BCUT2D eigenvalue weighted by Crippen LogP contribution is -2.59. The van der Waals surface area contributed by atoms with Crippen molar-refractivity contribution < 1.29 is 34.2 Å². The average Bonchev–Trinajstić information content (AvgIpc) is 2.70. The first kappa shape index (κ1) is 29.9. The number of hydrogen-bond donors (Lipinski definition) is 10. The summed E-state index contributed by atoms with van der Waals surface area (Å²) >= 11 is 3.98. The maximum atomic E-state index is 12.8. The second-order valence-electron chi connectivity index (χ2n) is 7.10. The number of carboxylic acid groups (broad SMARTS) is 1. The van der Waals surface area contributed by atoms with Gasteiger partial charge in [0.15, 0.2) is 12.0 Å². The number of guanidine groups is 1. The highest BCUT2D eigenvalue weighted by Gasteiger charge is 2.31. The molecule has 16 heteroatoms. The molecule has 0 bridgehead atoms. The Labute approximate surface area is 195 Å². The number of aliphatic hydroxyl groups is 1. The van der Waals surface area contributed by atoms with Crippen molar-refractivity contribution in [3.05, 3.63) is 0 Å². The van der Waals surface area contributed by atoms with E-state index in [4.69, 9.17) is 28.0 Å². The molecule has 0 aromatic rings. The Morgan fingerprint density at radius 1 is 0.970 bits per heavy atom. The van der Waals surface area contributed by atoms with E-state index in [1.54, 1.807) is 0 Å². The Morgan fingerprint density at radius 2 is 1.52 bits per heavy atom. The number of carbonyl (C=O) groups excluding carboxylic acids is 4. The summed E-state index contributed by atoms with van der Waals surface area (Å²) < 4.78 is 0. The second-order valence-corrected chi connectivity index (χ2v) is 7.46. The predicted octanol–water partition coefficient (Wildman–Crippen LogP) is -4.91. The molecule has 0 aromatic heterocycles. The molecular weight excluding hydrogens is 460 g/mol. The lowest BCUT2D eigenvalue weighted by Gasteiger charge is -2.25. The molecule has 15 nitrogen and oxygen atoms in total. The molecule has 0 rings (SSSR count). The van der Waals surface area contributed by atoms with Crippen molar-refractivity contribution in [1.29, 1.82) is 0 Å². The number of nitrogens with zero attached hydrogens (tertiary/aromatic N) is 1. The summed E-state index contributed by atoms with van der Waals surface area (Å²) in [5.74, 6) is -5.23. The van der Waals surface area contributed by atoms with Gasteiger partial charge >= 0.3 is 5.97 Å². The van der Waals surface area contributed by atoms with E-state index >= 15 is 0 Å². The van der Waals surface area contributed by atoms with E-state index in [0.29, 0.717) is 0 Å². The van der Waals surface area contributed by atoms with Gasteiger partial charge < -0.3 is 49.1 Å². The minimum atomic E-state index is -1.61. The molecule has 188 valence electrons. The highest BCUT2D eigenvalue weighted by Crippen LogP contribution is 2.03. The maximum Gasteiger partial charge on any atom is 0.328 e. The first-order chi connectivity index (χ1) is 15.3. The molecule has 13 N–H and O–H groups in total. The second kappa shape index (κ2) is 14.9. The summed E-state index contributed by atoms with van der Waals surface area (Å²) in [6, 6.07) is -5.41. The molecule has 0 spiro atoms. The summed E-state index contributed by atoms with van der Waals surface area (Å²) in [5.41, 5.74) is 21.1. The van der Waals surface area contributed by atoms with E-state index in [1.807, 2.05) is 0 Å². The number of carbonyl (C=O) groups is 5. The van der Waals surface area contributed by atoms with Crippen LogP contribution in [0.5, 0.6) is 0 Å². The Hall–Kier alpha value is -3.11. The summed E-state index contributed by atoms with van der Waals surface area (Å²) in [7, 11) is 0. The molecule has 0 radical (unpaired) electrons. The molecule has 5 unspecified atom stereocenters. The largest absolute Gasteiger partial charge is 0.480 e. The monoisotopic (exact) mass is 492 g/mol. The number of thiol groups is 1. The number of aliphatic imine (C=N–C) groups is 1. The molecule has 0 aliphatic rings. The zero-order valence-corrected chi connectivity index (χ0v) is 19.0. The number of carboxylic acids is 1. The average molecular weight is 493 g/mol. The third-order valence-electron chi connectivity index (χ3n) is 4.20. The number of hydrogen-bond acceptors (Lipinski definition) is 9. The highest BCUT2D eigenvalue weighted by molar-refractivity contribution is 7.80. The van der Waals surface area contributed by atoms with Gasteiger partial charge in [-0.05, 0) is 19.8 Å². The lowest BCUT2D eigenvalue weighted by atomic mass is 10.1. The number of aliphatic carboxylic acids is 1. The lowest BCUT2D eigenvalue weighted by molar-refractivity contribution is -0.145. The van der Waals surface area contributed by atoms with Crippen LogP contribution in [-0.2, 0) is 24.0 Å². The third kappa shape index (κ3) is 11.9. The first-order valence-electron chi connectivity index (χ1n) is 9.82. The Morgan fingerprint density at radius 3 is 1.97 bits per heavy atom. The van der Waals surface area contributed by atoms with Gasteiger partial charge in [-0.25, -0.2) is 4.79 Å². The molecule has 0 aliphatic carbocycles. The van der Waals surface area contributed by atoms with Crippen molar-refractivity contribution in [3.63, 3.8) is 0 Å². The Balaban J connectivity index is 5.37. The van der Waals surface area contributed by atoms with Crippen LogP contribution in [0.4, 0.5) is 0 Å². The molecule has 0 aromatic carbocycles. The fourth-order valence-corrected chi connectivity index (χ4v) is 2.73. The third-order valence-corrected chi connectivity index (χ3v) is 4.56. The number of rotatable bonds is 15. The van der Waals surface area contributed by atoms with Crippen LogP contribution >= 0.6 is 12.6 Å². The van der Waals surface area contributed by atoms with E-state index in [1.165, 1.54) is 6.92 Å². The van der Waals surface area contributed by atoms with Crippen LogP contribution in [0, 0.1) is 0 Å².